The Bertz CT molecular complexity index is 1990. The monoisotopic (exact) mass is 928 g/mol. The average molecular weight is 929 g/mol. The normalized spacial score (nSPS) is 23.4. The van der Waals surface area contributed by atoms with E-state index in [0.29, 0.717) is 25.0 Å². The molecule has 0 aliphatic carbocycles. The zero-order valence-electron chi connectivity index (χ0n) is 38.5. The number of piperidine rings is 4. The molecule has 4 atom stereocenters. The van der Waals surface area contributed by atoms with Gasteiger partial charge in [-0.25, -0.2) is 9.97 Å². The fourth-order valence-corrected chi connectivity index (χ4v) is 9.01. The van der Waals surface area contributed by atoms with Crippen molar-refractivity contribution in [1.82, 2.24) is 20.1 Å². The standard InChI is InChI=1S/2C25H31F3N2O3/c2*1-16(2)15-31-23-11-17(3)7-9-22(23)32-21-12-19-5-4-6-20(13-21)30(19)33-24-10-8-18(14-29-24)25(26,27)28/h2*7-11,14,16,19-21H,4-6,12-13,15H2,1-3H3. The molecule has 0 spiro atoms. The van der Waals surface area contributed by atoms with Crippen LogP contribution < -0.4 is 28.6 Å². The summed E-state index contributed by atoms with van der Waals surface area (Å²) < 4.78 is 102. The maximum absolute atomic E-state index is 12.8. The van der Waals surface area contributed by atoms with E-state index in [1.807, 2.05) is 60.4 Å². The van der Waals surface area contributed by atoms with Crippen LogP contribution in [0.15, 0.2) is 73.1 Å². The van der Waals surface area contributed by atoms with Crippen molar-refractivity contribution in [1.29, 1.82) is 0 Å². The zero-order chi connectivity index (χ0) is 47.2. The van der Waals surface area contributed by atoms with Gasteiger partial charge in [0.2, 0.25) is 11.8 Å². The maximum Gasteiger partial charge on any atom is 0.417 e. The zero-order valence-corrected chi connectivity index (χ0v) is 38.5. The van der Waals surface area contributed by atoms with Crippen LogP contribution in [0.4, 0.5) is 26.3 Å². The smallest absolute Gasteiger partial charge is 0.417 e. The fourth-order valence-electron chi connectivity index (χ4n) is 9.01. The van der Waals surface area contributed by atoms with Gasteiger partial charge < -0.3 is 28.6 Å². The van der Waals surface area contributed by atoms with Gasteiger partial charge in [0.25, 0.3) is 0 Å². The molecular weight excluding hydrogens is 867 g/mol. The number of aromatic nitrogens is 2. The SMILES string of the molecule is Cc1ccc(OC2CC3CCCC(C2)N3Oc2ccc(C(F)(F)F)cn2)c(OCC(C)C)c1.Cc1ccc(OC2CC3CCCC(C2)N3Oc2ccc(C(F)(F)F)cn2)c(OCC(C)C)c1. The molecular formula is C50H62F6N4O6. The van der Waals surface area contributed by atoms with E-state index in [1.165, 1.54) is 12.1 Å². The maximum atomic E-state index is 12.8. The molecule has 2 aromatic heterocycles. The molecule has 10 nitrogen and oxygen atoms in total. The topological polar surface area (TPSA) is 87.6 Å². The quantitative estimate of drug-likeness (QED) is 0.114. The molecule has 4 aliphatic rings. The van der Waals surface area contributed by atoms with E-state index in [4.69, 9.17) is 28.6 Å². The Hall–Kier alpha value is -4.96. The number of benzene rings is 2. The molecule has 8 rings (SSSR count). The van der Waals surface area contributed by atoms with Crippen LogP contribution in [0, 0.1) is 25.7 Å². The summed E-state index contributed by atoms with van der Waals surface area (Å²) in [5, 5.41) is 3.84. The van der Waals surface area contributed by atoms with Crippen molar-refractivity contribution in [3.63, 3.8) is 0 Å². The lowest BCUT2D eigenvalue weighted by Gasteiger charge is -2.46. The van der Waals surface area contributed by atoms with Crippen molar-refractivity contribution in [2.45, 2.75) is 154 Å². The number of hydroxylamine groups is 4. The molecule has 4 fully saturated rings. The van der Waals surface area contributed by atoms with Crippen molar-refractivity contribution >= 4 is 0 Å². The number of hydrogen-bond donors (Lipinski definition) is 0. The van der Waals surface area contributed by atoms with Gasteiger partial charge in [-0.3, -0.25) is 0 Å². The highest BCUT2D eigenvalue weighted by Crippen LogP contribution is 2.41. The van der Waals surface area contributed by atoms with E-state index >= 15 is 0 Å². The molecule has 4 unspecified atom stereocenters. The molecule has 4 aliphatic heterocycles. The van der Waals surface area contributed by atoms with Crippen molar-refractivity contribution < 1.29 is 55.0 Å². The van der Waals surface area contributed by atoms with Gasteiger partial charge in [0.15, 0.2) is 23.0 Å². The highest BCUT2D eigenvalue weighted by molar-refractivity contribution is 5.44. The Morgan fingerprint density at radius 1 is 0.530 bits per heavy atom. The molecule has 360 valence electrons. The first-order chi connectivity index (χ1) is 31.4. The average Bonchev–Trinajstić information content (AvgIpc) is 3.24. The lowest BCUT2D eigenvalue weighted by atomic mass is 9.84. The van der Waals surface area contributed by atoms with Crippen LogP contribution >= 0.6 is 0 Å². The van der Waals surface area contributed by atoms with E-state index < -0.39 is 23.5 Å². The Labute approximate surface area is 383 Å². The minimum atomic E-state index is -4.41. The summed E-state index contributed by atoms with van der Waals surface area (Å²) >= 11 is 0. The third kappa shape index (κ3) is 13.1. The first kappa shape index (κ1) is 49.0. The van der Waals surface area contributed by atoms with Gasteiger partial charge in [0.05, 0.1) is 24.3 Å². The first-order valence-corrected chi connectivity index (χ1v) is 23.2. The Balaban J connectivity index is 0.000000196. The second-order valence-corrected chi connectivity index (χ2v) is 18.9. The van der Waals surface area contributed by atoms with Crippen LogP contribution in [0.5, 0.6) is 34.8 Å². The van der Waals surface area contributed by atoms with E-state index in [9.17, 15) is 26.3 Å². The summed E-state index contributed by atoms with van der Waals surface area (Å²) in [4.78, 5) is 19.7. The number of aryl methyl sites for hydroxylation is 2. The summed E-state index contributed by atoms with van der Waals surface area (Å²) in [6, 6.07) is 17.1. The number of rotatable bonds is 14. The molecule has 0 saturated carbocycles. The molecule has 6 heterocycles. The molecule has 4 bridgehead atoms. The predicted molar refractivity (Wildman–Crippen MR) is 237 cm³/mol. The van der Waals surface area contributed by atoms with Gasteiger partial charge in [0, 0.05) is 74.4 Å². The van der Waals surface area contributed by atoms with Crippen LogP contribution in [-0.4, -0.2) is 69.7 Å². The van der Waals surface area contributed by atoms with Crippen LogP contribution in [0.3, 0.4) is 0 Å². The van der Waals surface area contributed by atoms with Gasteiger partial charge in [-0.1, -0.05) is 52.7 Å². The summed E-state index contributed by atoms with van der Waals surface area (Å²) in [7, 11) is 0. The number of pyridine rings is 2. The Kier molecular flexibility index (Phi) is 15.8. The lowest BCUT2D eigenvalue weighted by molar-refractivity contribution is -0.185. The number of ether oxygens (including phenoxy) is 4. The van der Waals surface area contributed by atoms with E-state index in [-0.39, 0.29) is 48.1 Å². The molecule has 4 aromatic rings. The number of alkyl halides is 6. The molecule has 66 heavy (non-hydrogen) atoms. The highest BCUT2D eigenvalue weighted by Gasteiger charge is 2.43. The third-order valence-corrected chi connectivity index (χ3v) is 12.2. The summed E-state index contributed by atoms with van der Waals surface area (Å²) in [6.07, 6.45) is 1.91. The Morgan fingerprint density at radius 2 is 0.894 bits per heavy atom. The van der Waals surface area contributed by atoms with E-state index in [1.54, 1.807) is 0 Å². The van der Waals surface area contributed by atoms with Crippen molar-refractivity contribution in [2.24, 2.45) is 11.8 Å². The molecule has 4 saturated heterocycles. The summed E-state index contributed by atoms with van der Waals surface area (Å²) in [5.41, 5.74) is 0.668. The second kappa shape index (κ2) is 21.3. The van der Waals surface area contributed by atoms with Gasteiger partial charge in [-0.2, -0.15) is 26.3 Å². The summed E-state index contributed by atoms with van der Waals surface area (Å²) in [6.45, 7) is 13.7. The molecule has 16 heteroatoms. The minimum absolute atomic E-state index is 0.0184. The Morgan fingerprint density at radius 3 is 1.20 bits per heavy atom. The van der Waals surface area contributed by atoms with Crippen molar-refractivity contribution in [3.05, 3.63) is 95.3 Å². The van der Waals surface area contributed by atoms with Gasteiger partial charge in [-0.05, 0) is 98.9 Å². The fraction of sp³-hybridized carbons (Fsp3) is 0.560. The molecule has 2 aromatic carbocycles. The lowest BCUT2D eigenvalue weighted by Crippen LogP contribution is -2.55. The van der Waals surface area contributed by atoms with Crippen molar-refractivity contribution in [3.8, 4) is 34.8 Å². The van der Waals surface area contributed by atoms with E-state index in [0.717, 1.165) is 123 Å². The molecule has 0 radical (unpaired) electrons. The summed E-state index contributed by atoms with van der Waals surface area (Å²) in [5.74, 6) is 4.23. The van der Waals surface area contributed by atoms with Crippen molar-refractivity contribution in [2.75, 3.05) is 13.2 Å². The van der Waals surface area contributed by atoms with Gasteiger partial charge >= 0.3 is 12.4 Å². The first-order valence-electron chi connectivity index (χ1n) is 23.2. The van der Waals surface area contributed by atoms with Crippen LogP contribution in [-0.2, 0) is 12.4 Å². The number of nitrogens with zero attached hydrogens (tertiary/aromatic N) is 4. The van der Waals surface area contributed by atoms with Crippen LogP contribution in [0.2, 0.25) is 0 Å². The predicted octanol–water partition coefficient (Wildman–Crippen LogP) is 12.4. The number of halogens is 6. The van der Waals surface area contributed by atoms with E-state index in [2.05, 4.69) is 37.7 Å². The third-order valence-electron chi connectivity index (χ3n) is 12.2. The largest absolute Gasteiger partial charge is 0.489 e. The number of hydrogen-bond acceptors (Lipinski definition) is 10. The second-order valence-electron chi connectivity index (χ2n) is 18.9. The number of fused-ring (bicyclic) bond motifs is 4. The van der Waals surface area contributed by atoms with Crippen LogP contribution in [0.25, 0.3) is 0 Å². The van der Waals surface area contributed by atoms with Gasteiger partial charge in [0.1, 0.15) is 12.2 Å². The molecule has 0 amide bonds. The minimum Gasteiger partial charge on any atom is -0.489 e. The van der Waals surface area contributed by atoms with Crippen LogP contribution in [0.1, 0.15) is 114 Å². The molecule has 0 N–H and O–H groups in total. The van der Waals surface area contributed by atoms with Gasteiger partial charge in [-0.15, -0.1) is 10.1 Å². The highest BCUT2D eigenvalue weighted by atomic mass is 19.4.